The second kappa shape index (κ2) is 7.47. The quantitative estimate of drug-likeness (QED) is 0.758. The zero-order chi connectivity index (χ0) is 22.8. The number of aliphatic carboxylic acids is 1. The van der Waals surface area contributed by atoms with E-state index in [2.05, 4.69) is 11.8 Å². The summed E-state index contributed by atoms with van der Waals surface area (Å²) in [6.45, 7) is 4.04. The van der Waals surface area contributed by atoms with Crippen molar-refractivity contribution in [1.29, 1.82) is 0 Å². The molecular formula is C24H29F3N2O3. The van der Waals surface area contributed by atoms with Crippen LogP contribution in [0.15, 0.2) is 18.2 Å². The summed E-state index contributed by atoms with van der Waals surface area (Å²) in [4.78, 5) is 28.9. The minimum absolute atomic E-state index is 0.0313. The highest BCUT2D eigenvalue weighted by Crippen LogP contribution is 2.55. The van der Waals surface area contributed by atoms with Crippen LogP contribution in [0.1, 0.15) is 55.7 Å². The molecular weight excluding hydrogens is 421 g/mol. The number of carboxylic acid groups (broad SMARTS) is 1. The fraction of sp³-hybridized carbons (Fsp3) is 0.667. The molecule has 4 aliphatic rings. The minimum Gasteiger partial charge on any atom is -0.481 e. The van der Waals surface area contributed by atoms with Crippen molar-refractivity contribution in [2.24, 2.45) is 17.3 Å². The van der Waals surface area contributed by atoms with E-state index in [0.717, 1.165) is 50.4 Å². The number of hydrogen-bond acceptors (Lipinski definition) is 3. The van der Waals surface area contributed by atoms with Crippen LogP contribution in [0.2, 0.25) is 0 Å². The standard InChI is InChI=1S/C24H29F3N2O3/c1-14-20-10-16-2-3-18(24(25,26)27)9-17(16)13-29(20)22(32)23(14)6-4-19(11-23)28-7-5-15(12-28)8-21(30)31/h2-3,9,14-15,19-20H,4-8,10-13H2,1H3,(H,30,31). The maximum absolute atomic E-state index is 13.6. The molecule has 1 aromatic rings. The van der Waals surface area contributed by atoms with Gasteiger partial charge in [0.25, 0.3) is 0 Å². The molecule has 1 aromatic carbocycles. The summed E-state index contributed by atoms with van der Waals surface area (Å²) in [5, 5.41) is 9.09. The van der Waals surface area contributed by atoms with Crippen LogP contribution < -0.4 is 0 Å². The van der Waals surface area contributed by atoms with E-state index in [-0.39, 0.29) is 42.8 Å². The van der Waals surface area contributed by atoms with Gasteiger partial charge in [0.15, 0.2) is 0 Å². The van der Waals surface area contributed by atoms with E-state index in [9.17, 15) is 22.8 Å². The lowest BCUT2D eigenvalue weighted by molar-refractivity contribution is -0.139. The highest BCUT2D eigenvalue weighted by atomic mass is 19.4. The summed E-state index contributed by atoms with van der Waals surface area (Å²) in [7, 11) is 0. The Balaban J connectivity index is 1.33. The minimum atomic E-state index is -4.39. The Morgan fingerprint density at radius 1 is 1.25 bits per heavy atom. The van der Waals surface area contributed by atoms with Gasteiger partial charge in [0.1, 0.15) is 0 Å². The number of carbonyl (C=O) groups excluding carboxylic acids is 1. The number of nitrogens with zero attached hydrogens (tertiary/aromatic N) is 2. The third kappa shape index (κ3) is 3.42. The van der Waals surface area contributed by atoms with Gasteiger partial charge < -0.3 is 14.9 Å². The van der Waals surface area contributed by atoms with E-state index in [0.29, 0.717) is 12.0 Å². The SMILES string of the molecule is CC1C2Cc3ccc(C(F)(F)F)cc3CN2C(=O)C12CCC(N1CCC(CC(=O)O)C1)C2. The predicted molar refractivity (Wildman–Crippen MR) is 111 cm³/mol. The second-order valence-electron chi connectivity index (χ2n) is 10.3. The van der Waals surface area contributed by atoms with Crippen molar-refractivity contribution in [3.8, 4) is 0 Å². The van der Waals surface area contributed by atoms with Gasteiger partial charge in [-0.3, -0.25) is 9.59 Å². The molecule has 174 valence electrons. The fourth-order valence-electron chi connectivity index (χ4n) is 6.88. The molecule has 3 fully saturated rings. The summed E-state index contributed by atoms with van der Waals surface area (Å²) in [6, 6.07) is 4.25. The van der Waals surface area contributed by atoms with Crippen LogP contribution in [0.25, 0.3) is 0 Å². The molecule has 1 N–H and O–H groups in total. The van der Waals surface area contributed by atoms with Crippen LogP contribution in [-0.4, -0.2) is 52.0 Å². The first-order valence-corrected chi connectivity index (χ1v) is 11.5. The average Bonchev–Trinajstić information content (AvgIpc) is 3.41. The number of amides is 1. The topological polar surface area (TPSA) is 60.9 Å². The van der Waals surface area contributed by atoms with Gasteiger partial charge in [-0.1, -0.05) is 13.0 Å². The van der Waals surface area contributed by atoms with E-state index in [1.807, 2.05) is 4.90 Å². The van der Waals surface area contributed by atoms with Gasteiger partial charge in [-0.2, -0.15) is 13.2 Å². The summed E-state index contributed by atoms with van der Waals surface area (Å²) in [5.74, 6) is -0.344. The molecule has 1 saturated carbocycles. The Labute approximate surface area is 185 Å². The Morgan fingerprint density at radius 2 is 2.03 bits per heavy atom. The monoisotopic (exact) mass is 450 g/mol. The fourth-order valence-corrected chi connectivity index (χ4v) is 6.88. The maximum atomic E-state index is 13.6. The highest BCUT2D eigenvalue weighted by Gasteiger charge is 2.60. The number of carboxylic acids is 1. The zero-order valence-corrected chi connectivity index (χ0v) is 18.2. The molecule has 1 amide bonds. The van der Waals surface area contributed by atoms with Crippen molar-refractivity contribution in [3.63, 3.8) is 0 Å². The molecule has 0 bridgehead atoms. The maximum Gasteiger partial charge on any atom is 0.416 e. The molecule has 5 rings (SSSR count). The van der Waals surface area contributed by atoms with E-state index < -0.39 is 23.1 Å². The molecule has 5 atom stereocenters. The highest BCUT2D eigenvalue weighted by molar-refractivity contribution is 5.87. The summed E-state index contributed by atoms with van der Waals surface area (Å²) in [6.07, 6.45) is -0.220. The number of benzene rings is 1. The third-order valence-corrected chi connectivity index (χ3v) is 8.66. The molecule has 0 aromatic heterocycles. The smallest absolute Gasteiger partial charge is 0.416 e. The summed E-state index contributed by atoms with van der Waals surface area (Å²) >= 11 is 0. The van der Waals surface area contributed by atoms with Crippen molar-refractivity contribution in [1.82, 2.24) is 9.80 Å². The number of fused-ring (bicyclic) bond motifs is 2. The lowest BCUT2D eigenvalue weighted by Gasteiger charge is -2.33. The molecule has 2 saturated heterocycles. The van der Waals surface area contributed by atoms with Gasteiger partial charge in [-0.05, 0) is 73.7 Å². The molecule has 3 aliphatic heterocycles. The zero-order valence-electron chi connectivity index (χ0n) is 18.2. The number of likely N-dealkylation sites (tertiary alicyclic amines) is 1. The summed E-state index contributed by atoms with van der Waals surface area (Å²) < 4.78 is 39.5. The van der Waals surface area contributed by atoms with Crippen molar-refractivity contribution in [2.75, 3.05) is 13.1 Å². The Bertz CT molecular complexity index is 949. The average molecular weight is 451 g/mol. The molecule has 3 heterocycles. The molecule has 5 unspecified atom stereocenters. The van der Waals surface area contributed by atoms with Gasteiger partial charge in [0, 0.05) is 31.6 Å². The first-order chi connectivity index (χ1) is 15.1. The molecule has 5 nitrogen and oxygen atoms in total. The van der Waals surface area contributed by atoms with Gasteiger partial charge in [0.05, 0.1) is 11.0 Å². The molecule has 1 spiro atoms. The largest absolute Gasteiger partial charge is 0.481 e. The molecule has 32 heavy (non-hydrogen) atoms. The number of carbonyl (C=O) groups is 2. The third-order valence-electron chi connectivity index (χ3n) is 8.66. The van der Waals surface area contributed by atoms with Crippen molar-refractivity contribution in [3.05, 3.63) is 34.9 Å². The molecule has 8 heteroatoms. The van der Waals surface area contributed by atoms with E-state index in [4.69, 9.17) is 5.11 Å². The van der Waals surface area contributed by atoms with Gasteiger partial charge >= 0.3 is 12.1 Å². The molecule has 0 radical (unpaired) electrons. The normalized spacial score (nSPS) is 34.9. The lowest BCUT2D eigenvalue weighted by atomic mass is 9.73. The van der Waals surface area contributed by atoms with E-state index in [1.54, 1.807) is 6.07 Å². The van der Waals surface area contributed by atoms with Gasteiger partial charge in [0.2, 0.25) is 5.91 Å². The van der Waals surface area contributed by atoms with Crippen LogP contribution >= 0.6 is 0 Å². The van der Waals surface area contributed by atoms with Crippen LogP contribution in [0.4, 0.5) is 13.2 Å². The van der Waals surface area contributed by atoms with Gasteiger partial charge in [-0.25, -0.2) is 0 Å². The molecule has 1 aliphatic carbocycles. The van der Waals surface area contributed by atoms with Gasteiger partial charge in [-0.15, -0.1) is 0 Å². The van der Waals surface area contributed by atoms with E-state index in [1.165, 1.54) is 6.07 Å². The van der Waals surface area contributed by atoms with Crippen LogP contribution in [-0.2, 0) is 28.7 Å². The first-order valence-electron chi connectivity index (χ1n) is 11.5. The lowest BCUT2D eigenvalue weighted by Crippen LogP contribution is -2.40. The first kappa shape index (κ1) is 21.7. The van der Waals surface area contributed by atoms with Crippen molar-refractivity contribution < 1.29 is 27.9 Å². The Hall–Kier alpha value is -2.09. The Kier molecular flexibility index (Phi) is 5.07. The number of rotatable bonds is 3. The van der Waals surface area contributed by atoms with Crippen molar-refractivity contribution in [2.45, 2.75) is 70.3 Å². The number of halogens is 3. The second-order valence-corrected chi connectivity index (χ2v) is 10.3. The Morgan fingerprint density at radius 3 is 2.75 bits per heavy atom. The summed E-state index contributed by atoms with van der Waals surface area (Å²) in [5.41, 5.74) is 0.422. The van der Waals surface area contributed by atoms with Crippen LogP contribution in [0, 0.1) is 17.3 Å². The van der Waals surface area contributed by atoms with Crippen LogP contribution in [0.5, 0.6) is 0 Å². The van der Waals surface area contributed by atoms with Crippen LogP contribution in [0.3, 0.4) is 0 Å². The predicted octanol–water partition coefficient (Wildman–Crippen LogP) is 3.94. The van der Waals surface area contributed by atoms with Crippen molar-refractivity contribution >= 4 is 11.9 Å². The number of alkyl halides is 3. The number of hydrogen-bond donors (Lipinski definition) is 1. The van der Waals surface area contributed by atoms with E-state index >= 15 is 0 Å².